The van der Waals surface area contributed by atoms with E-state index in [0.29, 0.717) is 28.2 Å². The quantitative estimate of drug-likeness (QED) is 0.664. The second kappa shape index (κ2) is 7.40. The summed E-state index contributed by atoms with van der Waals surface area (Å²) in [7, 11) is 0. The molecule has 6 nitrogen and oxygen atoms in total. The first-order chi connectivity index (χ1) is 12.0. The number of imidazole rings is 1. The molecule has 3 rings (SSSR count). The van der Waals surface area contributed by atoms with Crippen molar-refractivity contribution in [2.45, 2.75) is 12.3 Å². The smallest absolute Gasteiger partial charge is 0.158 e. The van der Waals surface area contributed by atoms with Gasteiger partial charge in [0, 0.05) is 17.7 Å². The Hall–Kier alpha value is -2.13. The Balaban J connectivity index is 2.02. The van der Waals surface area contributed by atoms with Crippen molar-refractivity contribution in [2.75, 3.05) is 0 Å². The van der Waals surface area contributed by atoms with Gasteiger partial charge in [0.25, 0.3) is 0 Å². The second-order valence-corrected chi connectivity index (χ2v) is 6.53. The van der Waals surface area contributed by atoms with E-state index in [1.807, 2.05) is 0 Å². The second-order valence-electron chi connectivity index (χ2n) is 5.24. The lowest BCUT2D eigenvalue weighted by Gasteiger charge is -2.10. The molecule has 9 heteroatoms. The first-order valence-corrected chi connectivity index (χ1v) is 8.89. The molecule has 0 aliphatic heterocycles. The van der Waals surface area contributed by atoms with E-state index in [9.17, 15) is 8.60 Å². The van der Waals surface area contributed by atoms with Crippen LogP contribution in [0.3, 0.4) is 0 Å². The lowest BCUT2D eigenvalue weighted by Crippen LogP contribution is -2.02. The number of halogens is 2. The molecule has 1 aromatic carbocycles. The van der Waals surface area contributed by atoms with Crippen LogP contribution in [0.2, 0.25) is 5.15 Å². The summed E-state index contributed by atoms with van der Waals surface area (Å²) in [6.45, 7) is 0.108. The van der Waals surface area contributed by atoms with E-state index in [1.165, 1.54) is 18.6 Å². The SMILES string of the molecule is NCc1ccc(-c2c(Cl)ncn2-c2ccc(CS(=O)O)nc2)cc1F. The monoisotopic (exact) mass is 380 g/mol. The summed E-state index contributed by atoms with van der Waals surface area (Å²) < 4.78 is 35.5. The summed E-state index contributed by atoms with van der Waals surface area (Å²) in [4.78, 5) is 8.23. The van der Waals surface area contributed by atoms with E-state index in [0.717, 1.165) is 0 Å². The summed E-state index contributed by atoms with van der Waals surface area (Å²) in [5.41, 5.74) is 8.10. The van der Waals surface area contributed by atoms with E-state index >= 15 is 0 Å². The highest BCUT2D eigenvalue weighted by atomic mass is 35.5. The molecular formula is C16H14ClFN4O2S. The molecule has 0 aliphatic rings. The van der Waals surface area contributed by atoms with Gasteiger partial charge in [-0.1, -0.05) is 23.7 Å². The number of aromatic nitrogens is 3. The fourth-order valence-electron chi connectivity index (χ4n) is 2.41. The first kappa shape index (κ1) is 17.7. The maximum Gasteiger partial charge on any atom is 0.158 e. The topological polar surface area (TPSA) is 94.0 Å². The Morgan fingerprint density at radius 1 is 1.28 bits per heavy atom. The van der Waals surface area contributed by atoms with Crippen LogP contribution in [0.5, 0.6) is 0 Å². The summed E-state index contributed by atoms with van der Waals surface area (Å²) in [5, 5.41) is 0.223. The summed E-state index contributed by atoms with van der Waals surface area (Å²) in [5.74, 6) is -0.466. The van der Waals surface area contributed by atoms with Crippen LogP contribution in [-0.4, -0.2) is 23.3 Å². The number of hydrogen-bond acceptors (Lipinski definition) is 4. The van der Waals surface area contributed by atoms with Crippen molar-refractivity contribution in [3.63, 3.8) is 0 Å². The molecule has 2 aromatic heterocycles. The van der Waals surface area contributed by atoms with Crippen LogP contribution in [0, 0.1) is 5.82 Å². The van der Waals surface area contributed by atoms with Gasteiger partial charge in [0.15, 0.2) is 16.2 Å². The van der Waals surface area contributed by atoms with Crippen molar-refractivity contribution in [1.29, 1.82) is 0 Å². The highest BCUT2D eigenvalue weighted by molar-refractivity contribution is 7.78. The Morgan fingerprint density at radius 2 is 2.08 bits per heavy atom. The van der Waals surface area contributed by atoms with Gasteiger partial charge in [0.2, 0.25) is 0 Å². The molecule has 3 N–H and O–H groups in total. The van der Waals surface area contributed by atoms with Gasteiger partial charge in [-0.2, -0.15) is 0 Å². The molecule has 0 bridgehead atoms. The highest BCUT2D eigenvalue weighted by Gasteiger charge is 2.15. The zero-order valence-corrected chi connectivity index (χ0v) is 14.5. The molecule has 0 saturated heterocycles. The fraction of sp³-hybridized carbons (Fsp3) is 0.125. The highest BCUT2D eigenvalue weighted by Crippen LogP contribution is 2.30. The molecule has 3 aromatic rings. The van der Waals surface area contributed by atoms with E-state index in [-0.39, 0.29) is 17.5 Å². The predicted molar refractivity (Wildman–Crippen MR) is 94.1 cm³/mol. The van der Waals surface area contributed by atoms with Crippen molar-refractivity contribution in [2.24, 2.45) is 5.73 Å². The molecule has 0 saturated carbocycles. The first-order valence-electron chi connectivity index (χ1n) is 7.24. The summed E-state index contributed by atoms with van der Waals surface area (Å²) in [6, 6.07) is 8.05. The van der Waals surface area contributed by atoms with Crippen LogP contribution in [0.4, 0.5) is 4.39 Å². The van der Waals surface area contributed by atoms with Crippen LogP contribution in [-0.2, 0) is 23.4 Å². The lowest BCUT2D eigenvalue weighted by molar-refractivity contribution is 0.563. The average Bonchev–Trinajstić information content (AvgIpc) is 2.96. The van der Waals surface area contributed by atoms with Gasteiger partial charge in [-0.05, 0) is 18.2 Å². The summed E-state index contributed by atoms with van der Waals surface area (Å²) >= 11 is 4.22. The molecule has 0 radical (unpaired) electrons. The molecule has 25 heavy (non-hydrogen) atoms. The molecule has 0 amide bonds. The maximum atomic E-state index is 14.1. The third-order valence-electron chi connectivity index (χ3n) is 3.63. The van der Waals surface area contributed by atoms with Gasteiger partial charge < -0.3 is 10.3 Å². The van der Waals surface area contributed by atoms with Crippen LogP contribution >= 0.6 is 11.6 Å². The van der Waals surface area contributed by atoms with Crippen LogP contribution in [0.25, 0.3) is 16.9 Å². The molecule has 0 fully saturated rings. The molecular weight excluding hydrogens is 367 g/mol. The van der Waals surface area contributed by atoms with Crippen molar-refractivity contribution in [3.05, 3.63) is 65.1 Å². The molecule has 130 valence electrons. The normalized spacial score (nSPS) is 12.3. The molecule has 2 heterocycles. The lowest BCUT2D eigenvalue weighted by atomic mass is 10.1. The minimum Gasteiger partial charge on any atom is -0.326 e. The molecule has 1 atom stereocenters. The van der Waals surface area contributed by atoms with Crippen molar-refractivity contribution in [3.8, 4) is 16.9 Å². The van der Waals surface area contributed by atoms with Crippen LogP contribution in [0.1, 0.15) is 11.3 Å². The third-order valence-corrected chi connectivity index (χ3v) is 4.45. The molecule has 0 spiro atoms. The molecule has 0 aliphatic carbocycles. The van der Waals surface area contributed by atoms with Crippen LogP contribution < -0.4 is 5.73 Å². The van der Waals surface area contributed by atoms with E-state index in [2.05, 4.69) is 9.97 Å². The van der Waals surface area contributed by atoms with Gasteiger partial charge in [0.05, 0.1) is 29.0 Å². The Kier molecular flexibility index (Phi) is 5.24. The fourth-order valence-corrected chi connectivity index (χ4v) is 3.08. The number of hydrogen-bond donors (Lipinski definition) is 2. The Labute approximate surface area is 150 Å². The summed E-state index contributed by atoms with van der Waals surface area (Å²) in [6.07, 6.45) is 3.04. The van der Waals surface area contributed by atoms with Crippen molar-refractivity contribution >= 4 is 22.7 Å². The van der Waals surface area contributed by atoms with E-state index < -0.39 is 16.9 Å². The number of rotatable bonds is 5. The van der Waals surface area contributed by atoms with Crippen molar-refractivity contribution < 1.29 is 13.2 Å². The van der Waals surface area contributed by atoms with Gasteiger partial charge >= 0.3 is 0 Å². The van der Waals surface area contributed by atoms with Crippen LogP contribution in [0.15, 0.2) is 42.9 Å². The van der Waals surface area contributed by atoms with Gasteiger partial charge in [-0.15, -0.1) is 0 Å². The minimum atomic E-state index is -1.96. The van der Waals surface area contributed by atoms with Gasteiger partial charge in [-0.3, -0.25) is 9.55 Å². The zero-order chi connectivity index (χ0) is 18.0. The van der Waals surface area contributed by atoms with E-state index in [4.69, 9.17) is 21.9 Å². The average molecular weight is 381 g/mol. The van der Waals surface area contributed by atoms with E-state index in [1.54, 1.807) is 28.8 Å². The zero-order valence-electron chi connectivity index (χ0n) is 12.9. The predicted octanol–water partition coefficient (Wildman–Crippen LogP) is 2.91. The largest absolute Gasteiger partial charge is 0.326 e. The number of nitrogens with zero attached hydrogens (tertiary/aromatic N) is 3. The number of pyridine rings is 1. The standard InChI is InChI=1S/C16H14ClFN4O2S/c17-16-15(10-1-2-11(6-19)14(18)5-10)22(9-21-16)13-4-3-12(20-7-13)8-25(23)24/h1-5,7,9H,6,8,19H2,(H,23,24). The molecule has 1 unspecified atom stereocenters. The third kappa shape index (κ3) is 3.77. The van der Waals surface area contributed by atoms with Gasteiger partial charge in [-0.25, -0.2) is 13.6 Å². The van der Waals surface area contributed by atoms with Crippen molar-refractivity contribution in [1.82, 2.24) is 14.5 Å². The van der Waals surface area contributed by atoms with Gasteiger partial charge in [0.1, 0.15) is 12.1 Å². The number of benzene rings is 1. The maximum absolute atomic E-state index is 14.1. The minimum absolute atomic E-state index is 0.0520. The Morgan fingerprint density at radius 3 is 2.68 bits per heavy atom. The Bertz CT molecular complexity index is 930. The number of nitrogens with two attached hydrogens (primary N) is 1.